The molecule has 1 aromatic heterocycles. The number of hydrogen-bond acceptors (Lipinski definition) is 3. The van der Waals surface area contributed by atoms with Gasteiger partial charge in [-0.1, -0.05) is 6.42 Å². The second kappa shape index (κ2) is 5.47. The third-order valence-electron chi connectivity index (χ3n) is 3.72. The summed E-state index contributed by atoms with van der Waals surface area (Å²) in [6.45, 7) is 3.68. The van der Waals surface area contributed by atoms with Crippen molar-refractivity contribution in [3.8, 4) is 0 Å². The van der Waals surface area contributed by atoms with E-state index < -0.39 is 17.8 Å². The number of nitrogens with one attached hydrogen (secondary N) is 1. The van der Waals surface area contributed by atoms with Crippen molar-refractivity contribution >= 4 is 11.9 Å². The highest BCUT2D eigenvalue weighted by Gasteiger charge is 2.38. The Labute approximate surface area is 112 Å². The van der Waals surface area contributed by atoms with Crippen LogP contribution in [-0.2, 0) is 9.59 Å². The third kappa shape index (κ3) is 2.97. The predicted molar refractivity (Wildman–Crippen MR) is 68.5 cm³/mol. The fourth-order valence-electron chi connectivity index (χ4n) is 2.65. The van der Waals surface area contributed by atoms with Crippen molar-refractivity contribution < 1.29 is 19.1 Å². The average molecular weight is 265 g/mol. The van der Waals surface area contributed by atoms with E-state index in [2.05, 4.69) is 5.32 Å². The summed E-state index contributed by atoms with van der Waals surface area (Å²) in [5.41, 5.74) is 0. The van der Waals surface area contributed by atoms with Crippen LogP contribution >= 0.6 is 0 Å². The number of carboxylic acids is 1. The molecular formula is C14H19NO4. The van der Waals surface area contributed by atoms with E-state index in [9.17, 15) is 9.59 Å². The van der Waals surface area contributed by atoms with E-state index in [0.29, 0.717) is 18.6 Å². The van der Waals surface area contributed by atoms with Gasteiger partial charge in [0.2, 0.25) is 5.91 Å². The first kappa shape index (κ1) is 13.6. The maximum Gasteiger partial charge on any atom is 0.307 e. The number of rotatable bonds is 4. The first-order valence-electron chi connectivity index (χ1n) is 6.58. The summed E-state index contributed by atoms with van der Waals surface area (Å²) in [6.07, 6.45) is 2.03. The summed E-state index contributed by atoms with van der Waals surface area (Å²) in [5.74, 6) is -0.553. The van der Waals surface area contributed by atoms with Gasteiger partial charge in [0, 0.05) is 0 Å². The Morgan fingerprint density at radius 2 is 2.05 bits per heavy atom. The SMILES string of the molecule is Cc1ccc(C(C)NC(=O)C2CCCC2C(=O)O)o1. The Kier molecular flexibility index (Phi) is 3.93. The summed E-state index contributed by atoms with van der Waals surface area (Å²) >= 11 is 0. The summed E-state index contributed by atoms with van der Waals surface area (Å²) in [5, 5.41) is 11.9. The minimum absolute atomic E-state index is 0.188. The number of aryl methyl sites for hydroxylation is 1. The van der Waals surface area contributed by atoms with Gasteiger partial charge >= 0.3 is 5.97 Å². The molecule has 0 radical (unpaired) electrons. The van der Waals surface area contributed by atoms with E-state index in [1.165, 1.54) is 0 Å². The van der Waals surface area contributed by atoms with Gasteiger partial charge in [-0.15, -0.1) is 0 Å². The number of carbonyl (C=O) groups is 2. The van der Waals surface area contributed by atoms with Crippen LogP contribution in [0.15, 0.2) is 16.5 Å². The fourth-order valence-corrected chi connectivity index (χ4v) is 2.65. The third-order valence-corrected chi connectivity index (χ3v) is 3.72. The monoisotopic (exact) mass is 265 g/mol. The van der Waals surface area contributed by atoms with Crippen molar-refractivity contribution in [2.24, 2.45) is 11.8 Å². The van der Waals surface area contributed by atoms with Crippen LogP contribution in [0.4, 0.5) is 0 Å². The summed E-state index contributed by atoms with van der Waals surface area (Å²) in [4.78, 5) is 23.2. The first-order valence-corrected chi connectivity index (χ1v) is 6.58. The lowest BCUT2D eigenvalue weighted by molar-refractivity contribution is -0.146. The van der Waals surface area contributed by atoms with Gasteiger partial charge in [0.25, 0.3) is 0 Å². The lowest BCUT2D eigenvalue weighted by Gasteiger charge is -2.18. The molecule has 0 aliphatic heterocycles. The molecule has 1 aromatic rings. The maximum atomic E-state index is 12.1. The highest BCUT2D eigenvalue weighted by Crippen LogP contribution is 2.32. The van der Waals surface area contributed by atoms with Gasteiger partial charge in [0.15, 0.2) is 0 Å². The molecule has 1 heterocycles. The molecule has 0 saturated heterocycles. The van der Waals surface area contributed by atoms with Crippen molar-refractivity contribution in [3.05, 3.63) is 23.7 Å². The molecule has 2 N–H and O–H groups in total. The number of hydrogen-bond donors (Lipinski definition) is 2. The van der Waals surface area contributed by atoms with Crippen LogP contribution in [0.5, 0.6) is 0 Å². The van der Waals surface area contributed by atoms with Crippen molar-refractivity contribution in [1.29, 1.82) is 0 Å². The van der Waals surface area contributed by atoms with Crippen LogP contribution in [0.2, 0.25) is 0 Å². The van der Waals surface area contributed by atoms with Crippen LogP contribution in [0, 0.1) is 18.8 Å². The van der Waals surface area contributed by atoms with Gasteiger partial charge in [-0.05, 0) is 38.8 Å². The molecular weight excluding hydrogens is 246 g/mol. The molecule has 1 aliphatic carbocycles. The van der Waals surface area contributed by atoms with Crippen LogP contribution in [-0.4, -0.2) is 17.0 Å². The van der Waals surface area contributed by atoms with Gasteiger partial charge in [0.1, 0.15) is 11.5 Å². The van der Waals surface area contributed by atoms with Crippen LogP contribution in [0.1, 0.15) is 43.7 Å². The molecule has 1 saturated carbocycles. The largest absolute Gasteiger partial charge is 0.481 e. The molecule has 0 aromatic carbocycles. The minimum Gasteiger partial charge on any atom is -0.481 e. The highest BCUT2D eigenvalue weighted by atomic mass is 16.4. The second-order valence-electron chi connectivity index (χ2n) is 5.16. The molecule has 0 spiro atoms. The average Bonchev–Trinajstić information content (AvgIpc) is 2.96. The van der Waals surface area contributed by atoms with E-state index in [1.807, 2.05) is 26.0 Å². The van der Waals surface area contributed by atoms with Crippen molar-refractivity contribution in [1.82, 2.24) is 5.32 Å². The molecule has 3 unspecified atom stereocenters. The van der Waals surface area contributed by atoms with Gasteiger partial charge < -0.3 is 14.8 Å². The standard InChI is InChI=1S/C14H19NO4/c1-8-6-7-12(19-8)9(2)15-13(16)10-4-3-5-11(10)14(17)18/h6-7,9-11H,3-5H2,1-2H3,(H,15,16)(H,17,18). The lowest BCUT2D eigenvalue weighted by atomic mass is 9.95. The van der Waals surface area contributed by atoms with Crippen molar-refractivity contribution in [2.45, 2.75) is 39.2 Å². The summed E-state index contributed by atoms with van der Waals surface area (Å²) in [7, 11) is 0. The number of furan rings is 1. The van der Waals surface area contributed by atoms with Gasteiger partial charge in [0.05, 0.1) is 17.9 Å². The molecule has 1 amide bonds. The molecule has 1 fully saturated rings. The van der Waals surface area contributed by atoms with E-state index >= 15 is 0 Å². The quantitative estimate of drug-likeness (QED) is 0.875. The van der Waals surface area contributed by atoms with E-state index in [4.69, 9.17) is 9.52 Å². The van der Waals surface area contributed by atoms with Crippen LogP contribution < -0.4 is 5.32 Å². The summed E-state index contributed by atoms with van der Waals surface area (Å²) in [6, 6.07) is 3.42. The zero-order valence-corrected chi connectivity index (χ0v) is 11.2. The zero-order valence-electron chi connectivity index (χ0n) is 11.2. The molecule has 19 heavy (non-hydrogen) atoms. The van der Waals surface area contributed by atoms with E-state index in [1.54, 1.807) is 0 Å². The normalized spacial score (nSPS) is 24.1. The topological polar surface area (TPSA) is 79.5 Å². The molecule has 2 rings (SSSR count). The molecule has 0 bridgehead atoms. The maximum absolute atomic E-state index is 12.1. The van der Waals surface area contributed by atoms with Gasteiger partial charge in [-0.25, -0.2) is 0 Å². The van der Waals surface area contributed by atoms with Crippen LogP contribution in [0.25, 0.3) is 0 Å². The lowest BCUT2D eigenvalue weighted by Crippen LogP contribution is -2.36. The predicted octanol–water partition coefficient (Wildman–Crippen LogP) is 2.27. The highest BCUT2D eigenvalue weighted by molar-refractivity contribution is 5.85. The van der Waals surface area contributed by atoms with Gasteiger partial charge in [-0.3, -0.25) is 9.59 Å². The zero-order chi connectivity index (χ0) is 14.0. The Balaban J connectivity index is 1.99. The second-order valence-corrected chi connectivity index (χ2v) is 5.16. The number of aliphatic carboxylic acids is 1. The number of carboxylic acid groups (broad SMARTS) is 1. The molecule has 5 heteroatoms. The van der Waals surface area contributed by atoms with E-state index in [0.717, 1.165) is 12.2 Å². The molecule has 1 aliphatic rings. The molecule has 3 atom stereocenters. The molecule has 5 nitrogen and oxygen atoms in total. The van der Waals surface area contributed by atoms with Crippen molar-refractivity contribution in [2.75, 3.05) is 0 Å². The first-order chi connectivity index (χ1) is 8.99. The number of carbonyl (C=O) groups excluding carboxylic acids is 1. The Morgan fingerprint density at radius 1 is 1.37 bits per heavy atom. The van der Waals surface area contributed by atoms with Gasteiger partial charge in [-0.2, -0.15) is 0 Å². The molecule has 104 valence electrons. The van der Waals surface area contributed by atoms with Crippen molar-refractivity contribution in [3.63, 3.8) is 0 Å². The van der Waals surface area contributed by atoms with E-state index in [-0.39, 0.29) is 11.9 Å². The Bertz CT molecular complexity index is 480. The van der Waals surface area contributed by atoms with Crippen LogP contribution in [0.3, 0.4) is 0 Å². The smallest absolute Gasteiger partial charge is 0.307 e. The Morgan fingerprint density at radius 3 is 2.63 bits per heavy atom. The number of amides is 1. The Hall–Kier alpha value is -1.78. The minimum atomic E-state index is -0.876. The fraction of sp³-hybridized carbons (Fsp3) is 0.571. The summed E-state index contributed by atoms with van der Waals surface area (Å²) < 4.78 is 5.45.